The number of fused-ring (bicyclic) bond motifs is 2. The molecule has 0 bridgehead atoms. The van der Waals surface area contributed by atoms with Gasteiger partial charge < -0.3 is 4.90 Å². The Morgan fingerprint density at radius 2 is 1.59 bits per heavy atom. The third kappa shape index (κ3) is 4.31. The Hall–Kier alpha value is -4.25. The number of hydrogen-bond donors (Lipinski definition) is 0. The lowest BCUT2D eigenvalue weighted by Crippen LogP contribution is -2.38. The molecule has 0 spiro atoms. The van der Waals surface area contributed by atoms with Crippen LogP contribution in [-0.4, -0.2) is 26.9 Å². The van der Waals surface area contributed by atoms with Gasteiger partial charge in [-0.25, -0.2) is 4.98 Å². The van der Waals surface area contributed by atoms with Gasteiger partial charge in [0.05, 0.1) is 22.6 Å². The van der Waals surface area contributed by atoms with Crippen LogP contribution < -0.4 is 5.56 Å². The molecule has 5 rings (SSSR count). The summed E-state index contributed by atoms with van der Waals surface area (Å²) in [7, 11) is 0. The van der Waals surface area contributed by atoms with E-state index in [4.69, 9.17) is 4.98 Å². The van der Waals surface area contributed by atoms with E-state index in [1.807, 2.05) is 111 Å². The summed E-state index contributed by atoms with van der Waals surface area (Å²) < 4.78 is 1.71. The van der Waals surface area contributed by atoms with Crippen LogP contribution in [0.15, 0.2) is 89.7 Å². The summed E-state index contributed by atoms with van der Waals surface area (Å²) in [5.74, 6) is 0.509. The van der Waals surface area contributed by atoms with Crippen molar-refractivity contribution in [2.75, 3.05) is 6.54 Å². The van der Waals surface area contributed by atoms with Crippen LogP contribution in [0.25, 0.3) is 27.4 Å². The van der Waals surface area contributed by atoms with Crippen molar-refractivity contribution in [2.45, 2.75) is 40.2 Å². The Bertz CT molecular complexity index is 1680. The minimum absolute atomic E-state index is 0.0688. The van der Waals surface area contributed by atoms with Crippen molar-refractivity contribution < 1.29 is 4.79 Å². The van der Waals surface area contributed by atoms with Crippen molar-refractivity contribution in [3.05, 3.63) is 118 Å². The number of aryl methyl sites for hydroxylation is 2. The molecule has 1 aromatic heterocycles. The molecule has 5 heteroatoms. The Morgan fingerprint density at radius 3 is 2.32 bits per heavy atom. The van der Waals surface area contributed by atoms with Crippen LogP contribution in [0, 0.1) is 13.8 Å². The molecular weight excluding hydrogens is 458 g/mol. The molecule has 0 N–H and O–H groups in total. The molecule has 1 atom stereocenters. The topological polar surface area (TPSA) is 55.2 Å². The lowest BCUT2D eigenvalue weighted by Gasteiger charge is -2.32. The van der Waals surface area contributed by atoms with Crippen LogP contribution in [0.2, 0.25) is 0 Å². The second-order valence-corrected chi connectivity index (χ2v) is 9.46. The Labute approximate surface area is 217 Å². The monoisotopic (exact) mass is 489 g/mol. The third-order valence-corrected chi connectivity index (χ3v) is 7.08. The molecule has 0 aliphatic heterocycles. The van der Waals surface area contributed by atoms with E-state index < -0.39 is 6.04 Å². The highest BCUT2D eigenvalue weighted by Crippen LogP contribution is 2.30. The van der Waals surface area contributed by atoms with E-state index in [0.717, 1.165) is 27.6 Å². The van der Waals surface area contributed by atoms with Crippen LogP contribution >= 0.6 is 0 Å². The smallest absolute Gasteiger partial charge is 0.266 e. The lowest BCUT2D eigenvalue weighted by molar-refractivity contribution is 0.0674. The largest absolute Gasteiger partial charge is 0.329 e. The van der Waals surface area contributed by atoms with E-state index >= 15 is 0 Å². The molecular formula is C32H31N3O2. The summed E-state index contributed by atoms with van der Waals surface area (Å²) in [6.45, 7) is 8.54. The number of amides is 1. The molecule has 0 saturated heterocycles. The quantitative estimate of drug-likeness (QED) is 0.264. The Balaban J connectivity index is 1.74. The summed E-state index contributed by atoms with van der Waals surface area (Å²) in [5.41, 5.74) is 4.06. The first-order chi connectivity index (χ1) is 17.9. The predicted molar refractivity (Wildman–Crippen MR) is 151 cm³/mol. The lowest BCUT2D eigenvalue weighted by atomic mass is 10.0. The van der Waals surface area contributed by atoms with Gasteiger partial charge in [-0.1, -0.05) is 73.2 Å². The van der Waals surface area contributed by atoms with Gasteiger partial charge in [-0.2, -0.15) is 0 Å². The minimum Gasteiger partial charge on any atom is -0.329 e. The first-order valence-corrected chi connectivity index (χ1v) is 12.8. The van der Waals surface area contributed by atoms with E-state index in [9.17, 15) is 9.59 Å². The molecule has 0 aliphatic rings. The molecule has 186 valence electrons. The number of hydrogen-bond acceptors (Lipinski definition) is 3. The number of aromatic nitrogens is 2. The minimum atomic E-state index is -0.394. The highest BCUT2D eigenvalue weighted by atomic mass is 16.2. The molecule has 5 aromatic rings. The zero-order valence-corrected chi connectivity index (χ0v) is 21.7. The summed E-state index contributed by atoms with van der Waals surface area (Å²) in [6.07, 6.45) is 0.611. The summed E-state index contributed by atoms with van der Waals surface area (Å²) in [6, 6.07) is 26.8. The molecule has 0 aliphatic carbocycles. The van der Waals surface area contributed by atoms with Crippen LogP contribution in [0.3, 0.4) is 0 Å². The molecule has 0 saturated carbocycles. The average molecular weight is 490 g/mol. The number of nitrogens with zero attached hydrogens (tertiary/aromatic N) is 3. The van der Waals surface area contributed by atoms with Gasteiger partial charge >= 0.3 is 0 Å². The molecule has 5 nitrogen and oxygen atoms in total. The maximum atomic E-state index is 14.1. The van der Waals surface area contributed by atoms with Gasteiger partial charge in [0, 0.05) is 12.1 Å². The van der Waals surface area contributed by atoms with E-state index in [1.165, 1.54) is 0 Å². The zero-order valence-electron chi connectivity index (χ0n) is 21.7. The van der Waals surface area contributed by atoms with Crippen molar-refractivity contribution in [3.8, 4) is 5.69 Å². The number of rotatable bonds is 6. The molecule has 4 aromatic carbocycles. The average Bonchev–Trinajstić information content (AvgIpc) is 2.91. The van der Waals surface area contributed by atoms with E-state index in [2.05, 4.69) is 6.07 Å². The Kier molecular flexibility index (Phi) is 6.62. The van der Waals surface area contributed by atoms with Gasteiger partial charge in [-0.3, -0.25) is 14.2 Å². The van der Waals surface area contributed by atoms with Crippen LogP contribution in [0.1, 0.15) is 53.6 Å². The van der Waals surface area contributed by atoms with Crippen LogP contribution in [0.5, 0.6) is 0 Å². The van der Waals surface area contributed by atoms with Crippen LogP contribution in [-0.2, 0) is 0 Å². The van der Waals surface area contributed by atoms with Crippen LogP contribution in [0.4, 0.5) is 0 Å². The van der Waals surface area contributed by atoms with Gasteiger partial charge in [0.25, 0.3) is 11.5 Å². The number of para-hydroxylation sites is 1. The van der Waals surface area contributed by atoms with E-state index in [1.54, 1.807) is 4.57 Å². The summed E-state index contributed by atoms with van der Waals surface area (Å²) in [4.78, 5) is 34.9. The third-order valence-electron chi connectivity index (χ3n) is 7.08. The molecule has 1 unspecified atom stereocenters. The summed E-state index contributed by atoms with van der Waals surface area (Å²) in [5, 5.41) is 2.50. The zero-order chi connectivity index (χ0) is 26.1. The summed E-state index contributed by atoms with van der Waals surface area (Å²) >= 11 is 0. The normalized spacial score (nSPS) is 12.1. The van der Waals surface area contributed by atoms with Gasteiger partial charge in [0.1, 0.15) is 5.82 Å². The number of carbonyl (C=O) groups excluding carboxylic acids is 1. The second kappa shape index (κ2) is 10.0. The van der Waals surface area contributed by atoms with Gasteiger partial charge in [-0.05, 0) is 67.8 Å². The van der Waals surface area contributed by atoms with Crippen molar-refractivity contribution in [1.29, 1.82) is 0 Å². The maximum Gasteiger partial charge on any atom is 0.266 e. The van der Waals surface area contributed by atoms with Gasteiger partial charge in [0.2, 0.25) is 0 Å². The Morgan fingerprint density at radius 1 is 0.892 bits per heavy atom. The fraction of sp³-hybridized carbons (Fsp3) is 0.219. The highest BCUT2D eigenvalue weighted by molar-refractivity contribution is 6.07. The van der Waals surface area contributed by atoms with Crippen molar-refractivity contribution >= 4 is 27.6 Å². The van der Waals surface area contributed by atoms with Crippen molar-refractivity contribution in [3.63, 3.8) is 0 Å². The molecule has 37 heavy (non-hydrogen) atoms. The number of benzene rings is 4. The molecule has 0 fully saturated rings. The van der Waals surface area contributed by atoms with Crippen molar-refractivity contribution in [2.24, 2.45) is 0 Å². The highest BCUT2D eigenvalue weighted by Gasteiger charge is 2.29. The fourth-order valence-corrected chi connectivity index (χ4v) is 5.28. The fourth-order valence-electron chi connectivity index (χ4n) is 5.28. The van der Waals surface area contributed by atoms with Gasteiger partial charge in [-0.15, -0.1) is 0 Å². The first-order valence-electron chi connectivity index (χ1n) is 12.8. The molecule has 1 amide bonds. The molecule has 0 radical (unpaired) electrons. The molecule has 1 heterocycles. The van der Waals surface area contributed by atoms with Gasteiger partial charge in [0.15, 0.2) is 0 Å². The standard InChI is InChI=1S/C32H31N3O2/c1-5-28(34(6-2)31(36)25-16-11-13-23-12-7-8-14-24(23)25)30-33-27-17-10-9-15-26(27)32(37)35(30)29-19-18-21(3)20-22(29)4/h7-20,28H,5-6H2,1-4H3. The van der Waals surface area contributed by atoms with E-state index in [-0.39, 0.29) is 11.5 Å². The number of carbonyl (C=O) groups is 1. The second-order valence-electron chi connectivity index (χ2n) is 9.46. The maximum absolute atomic E-state index is 14.1. The van der Waals surface area contributed by atoms with E-state index in [0.29, 0.717) is 35.3 Å². The SMILES string of the molecule is CCC(c1nc2ccccc2c(=O)n1-c1ccc(C)cc1C)N(CC)C(=O)c1cccc2ccccc12. The van der Waals surface area contributed by atoms with Crippen molar-refractivity contribution in [1.82, 2.24) is 14.5 Å². The first kappa shape index (κ1) is 24.4. The predicted octanol–water partition coefficient (Wildman–Crippen LogP) is 6.77.